The van der Waals surface area contributed by atoms with Gasteiger partial charge in [-0.15, -0.1) is 0 Å². The summed E-state index contributed by atoms with van der Waals surface area (Å²) in [7, 11) is 0. The second kappa shape index (κ2) is 7.27. The fourth-order valence-electron chi connectivity index (χ4n) is 1.74. The summed E-state index contributed by atoms with van der Waals surface area (Å²) in [5.74, 6) is 2.84. The Morgan fingerprint density at radius 3 is 2.67 bits per heavy atom. The van der Waals surface area contributed by atoms with Gasteiger partial charge in [-0.05, 0) is 18.6 Å². The van der Waals surface area contributed by atoms with Gasteiger partial charge in [0, 0.05) is 18.5 Å². The van der Waals surface area contributed by atoms with Crippen molar-refractivity contribution in [3.63, 3.8) is 0 Å². The highest BCUT2D eigenvalue weighted by molar-refractivity contribution is 6.32. The molecule has 0 atom stereocenters. The van der Waals surface area contributed by atoms with Gasteiger partial charge in [0.05, 0.1) is 5.02 Å². The maximum Gasteiger partial charge on any atom is 0.224 e. The zero-order valence-electron chi connectivity index (χ0n) is 12.6. The number of benzene rings is 1. The van der Waals surface area contributed by atoms with Crippen molar-refractivity contribution >= 4 is 17.4 Å². The van der Waals surface area contributed by atoms with Crippen LogP contribution < -0.4 is 10.1 Å². The first-order chi connectivity index (χ1) is 10.1. The van der Waals surface area contributed by atoms with Crippen molar-refractivity contribution in [3.8, 4) is 11.6 Å². The molecule has 5 heteroatoms. The summed E-state index contributed by atoms with van der Waals surface area (Å²) in [6.07, 6.45) is 1.03. The molecule has 1 aromatic heterocycles. The molecule has 1 N–H and O–H groups in total. The van der Waals surface area contributed by atoms with Gasteiger partial charge in [0.1, 0.15) is 17.4 Å². The third-order valence-corrected chi connectivity index (χ3v) is 3.16. The number of hydrogen-bond donors (Lipinski definition) is 1. The van der Waals surface area contributed by atoms with E-state index in [0.717, 1.165) is 24.6 Å². The summed E-state index contributed by atoms with van der Waals surface area (Å²) in [5.41, 5.74) is 0. The van der Waals surface area contributed by atoms with Crippen molar-refractivity contribution < 1.29 is 4.74 Å². The van der Waals surface area contributed by atoms with Gasteiger partial charge in [-0.2, -0.15) is 4.98 Å². The third kappa shape index (κ3) is 4.33. The average Bonchev–Trinajstić information content (AvgIpc) is 2.47. The van der Waals surface area contributed by atoms with Gasteiger partial charge < -0.3 is 10.1 Å². The van der Waals surface area contributed by atoms with Crippen LogP contribution in [0.3, 0.4) is 0 Å². The molecule has 2 rings (SSSR count). The van der Waals surface area contributed by atoms with Crippen LogP contribution in [0.25, 0.3) is 0 Å². The van der Waals surface area contributed by atoms with E-state index in [1.165, 1.54) is 0 Å². The maximum absolute atomic E-state index is 6.12. The third-order valence-electron chi connectivity index (χ3n) is 2.84. The van der Waals surface area contributed by atoms with Crippen LogP contribution in [0, 0.1) is 0 Å². The molecule has 0 saturated heterocycles. The molecule has 0 unspecified atom stereocenters. The van der Waals surface area contributed by atoms with Crippen LogP contribution in [-0.2, 0) is 0 Å². The summed E-state index contributed by atoms with van der Waals surface area (Å²) in [4.78, 5) is 8.94. The van der Waals surface area contributed by atoms with Gasteiger partial charge >= 0.3 is 0 Å². The van der Waals surface area contributed by atoms with Crippen LogP contribution in [-0.4, -0.2) is 16.5 Å². The molecule has 0 bridgehead atoms. The molecule has 2 aromatic rings. The lowest BCUT2D eigenvalue weighted by atomic mass is 10.2. The number of ether oxygens (including phenoxy) is 1. The SMILES string of the molecule is CCCNc1cc(Oc2ccccc2Cl)nc(C(C)C)n1. The van der Waals surface area contributed by atoms with Crippen LogP contribution in [0.15, 0.2) is 30.3 Å². The van der Waals surface area contributed by atoms with Crippen molar-refractivity contribution in [3.05, 3.63) is 41.2 Å². The Bertz CT molecular complexity index is 602. The predicted molar refractivity (Wildman–Crippen MR) is 86.4 cm³/mol. The molecule has 0 aliphatic heterocycles. The zero-order chi connectivity index (χ0) is 15.2. The standard InChI is InChI=1S/C16H20ClN3O/c1-4-9-18-14-10-15(20-16(19-14)11(2)3)21-13-8-6-5-7-12(13)17/h5-8,10-11H,4,9H2,1-3H3,(H,18,19,20). The number of halogens is 1. The Morgan fingerprint density at radius 1 is 1.24 bits per heavy atom. The Kier molecular flexibility index (Phi) is 5.39. The van der Waals surface area contributed by atoms with Gasteiger partial charge in [-0.1, -0.05) is 44.5 Å². The summed E-state index contributed by atoms with van der Waals surface area (Å²) >= 11 is 6.12. The first-order valence-electron chi connectivity index (χ1n) is 7.15. The minimum atomic E-state index is 0.224. The van der Waals surface area contributed by atoms with E-state index in [4.69, 9.17) is 16.3 Å². The summed E-state index contributed by atoms with van der Waals surface area (Å²) in [6.45, 7) is 7.08. The van der Waals surface area contributed by atoms with Crippen molar-refractivity contribution in [1.29, 1.82) is 0 Å². The number of hydrogen-bond acceptors (Lipinski definition) is 4. The first kappa shape index (κ1) is 15.6. The molecule has 1 heterocycles. The quantitative estimate of drug-likeness (QED) is 0.827. The number of aromatic nitrogens is 2. The average molecular weight is 306 g/mol. The highest BCUT2D eigenvalue weighted by Crippen LogP contribution is 2.29. The molecule has 0 amide bonds. The summed E-state index contributed by atoms with van der Waals surface area (Å²) in [5, 5.41) is 3.83. The van der Waals surface area contributed by atoms with Gasteiger partial charge in [0.25, 0.3) is 0 Å². The number of para-hydroxylation sites is 1. The smallest absolute Gasteiger partial charge is 0.224 e. The van der Waals surface area contributed by atoms with Crippen LogP contribution in [0.4, 0.5) is 5.82 Å². The minimum absolute atomic E-state index is 0.224. The lowest BCUT2D eigenvalue weighted by molar-refractivity contribution is 0.457. The molecule has 112 valence electrons. The molecule has 4 nitrogen and oxygen atoms in total. The molecule has 0 aliphatic rings. The van der Waals surface area contributed by atoms with Crippen LogP contribution >= 0.6 is 11.6 Å². The van der Waals surface area contributed by atoms with Gasteiger partial charge in [0.15, 0.2) is 0 Å². The normalized spacial score (nSPS) is 10.7. The van der Waals surface area contributed by atoms with Crippen molar-refractivity contribution in [2.45, 2.75) is 33.1 Å². The van der Waals surface area contributed by atoms with Gasteiger partial charge in [-0.25, -0.2) is 4.98 Å². The fourth-order valence-corrected chi connectivity index (χ4v) is 1.91. The van der Waals surface area contributed by atoms with Gasteiger partial charge in [0.2, 0.25) is 5.88 Å². The van der Waals surface area contributed by atoms with E-state index in [9.17, 15) is 0 Å². The monoisotopic (exact) mass is 305 g/mol. The molecule has 0 saturated carbocycles. The van der Waals surface area contributed by atoms with Crippen LogP contribution in [0.1, 0.15) is 38.9 Å². The molecular formula is C16H20ClN3O. The Balaban J connectivity index is 2.29. The van der Waals surface area contributed by atoms with Crippen molar-refractivity contribution in [2.24, 2.45) is 0 Å². The number of anilines is 1. The highest BCUT2D eigenvalue weighted by Gasteiger charge is 2.10. The maximum atomic E-state index is 6.12. The molecule has 21 heavy (non-hydrogen) atoms. The van der Waals surface area contributed by atoms with Crippen LogP contribution in [0.5, 0.6) is 11.6 Å². The lowest BCUT2D eigenvalue weighted by Crippen LogP contribution is -2.07. The van der Waals surface area contributed by atoms with E-state index in [0.29, 0.717) is 16.7 Å². The molecule has 1 aromatic carbocycles. The lowest BCUT2D eigenvalue weighted by Gasteiger charge is -2.12. The Morgan fingerprint density at radius 2 is 2.00 bits per heavy atom. The largest absolute Gasteiger partial charge is 0.437 e. The zero-order valence-corrected chi connectivity index (χ0v) is 13.3. The predicted octanol–water partition coefficient (Wildman–Crippen LogP) is 4.87. The van der Waals surface area contributed by atoms with E-state index in [1.807, 2.05) is 18.2 Å². The second-order valence-electron chi connectivity index (χ2n) is 5.06. The van der Waals surface area contributed by atoms with E-state index in [2.05, 4.69) is 36.1 Å². The first-order valence-corrected chi connectivity index (χ1v) is 7.53. The Hall–Kier alpha value is -1.81. The molecule has 0 radical (unpaired) electrons. The van der Waals surface area contributed by atoms with Crippen molar-refractivity contribution in [1.82, 2.24) is 9.97 Å². The second-order valence-corrected chi connectivity index (χ2v) is 5.47. The summed E-state index contributed by atoms with van der Waals surface area (Å²) < 4.78 is 5.80. The molecule has 0 fully saturated rings. The molecule has 0 aliphatic carbocycles. The number of nitrogens with zero attached hydrogens (tertiary/aromatic N) is 2. The minimum Gasteiger partial charge on any atom is -0.437 e. The molecular weight excluding hydrogens is 286 g/mol. The van der Waals surface area contributed by atoms with Crippen molar-refractivity contribution in [2.75, 3.05) is 11.9 Å². The molecule has 0 spiro atoms. The van der Waals surface area contributed by atoms with E-state index >= 15 is 0 Å². The fraction of sp³-hybridized carbons (Fsp3) is 0.375. The topological polar surface area (TPSA) is 47.0 Å². The van der Waals surface area contributed by atoms with Gasteiger partial charge in [-0.3, -0.25) is 0 Å². The van der Waals surface area contributed by atoms with Crippen LogP contribution in [0.2, 0.25) is 5.02 Å². The Labute approximate surface area is 130 Å². The number of rotatable bonds is 6. The highest BCUT2D eigenvalue weighted by atomic mass is 35.5. The number of nitrogens with one attached hydrogen (secondary N) is 1. The van der Waals surface area contributed by atoms with E-state index < -0.39 is 0 Å². The van der Waals surface area contributed by atoms with E-state index in [1.54, 1.807) is 12.1 Å². The summed E-state index contributed by atoms with van der Waals surface area (Å²) in [6, 6.07) is 9.14. The van der Waals surface area contributed by atoms with E-state index in [-0.39, 0.29) is 5.92 Å².